The maximum atomic E-state index is 15.3. The molecule has 5 rings (SSSR count). The molecule has 0 N–H and O–H groups in total. The molecule has 10 heteroatoms. The molecule has 0 saturated carbocycles. The van der Waals surface area contributed by atoms with E-state index in [4.69, 9.17) is 0 Å². The van der Waals surface area contributed by atoms with Crippen LogP contribution in [0.15, 0.2) is 77.7 Å². The highest BCUT2D eigenvalue weighted by atomic mass is 32.2. The molecule has 194 valence electrons. The summed E-state index contributed by atoms with van der Waals surface area (Å²) in [6.45, 7) is 0. The van der Waals surface area contributed by atoms with E-state index in [-0.39, 0.29) is 17.4 Å². The van der Waals surface area contributed by atoms with Crippen molar-refractivity contribution in [3.63, 3.8) is 0 Å². The molecule has 1 aliphatic carbocycles. The van der Waals surface area contributed by atoms with Gasteiger partial charge in [0.2, 0.25) is 0 Å². The molecule has 2 atom stereocenters. The zero-order valence-corrected chi connectivity index (χ0v) is 21.0. The molecule has 0 spiro atoms. The van der Waals surface area contributed by atoms with Crippen molar-refractivity contribution >= 4 is 43.1 Å². The van der Waals surface area contributed by atoms with Gasteiger partial charge in [-0.15, -0.1) is 0 Å². The minimum Gasteiger partial charge on any atom is -0.222 e. The summed E-state index contributed by atoms with van der Waals surface area (Å²) in [5.41, 5.74) is -1.50. The third-order valence-corrected chi connectivity index (χ3v) is 10.5. The number of fused-ring (bicyclic) bond motifs is 5. The third-order valence-electron chi connectivity index (χ3n) is 7.10. The molecule has 2 unspecified atom stereocenters. The molecule has 0 aromatic heterocycles. The van der Waals surface area contributed by atoms with Crippen molar-refractivity contribution in [1.82, 2.24) is 0 Å². The fourth-order valence-electron chi connectivity index (χ4n) is 5.38. The average Bonchev–Trinajstić information content (AvgIpc) is 2.86. The Morgan fingerprint density at radius 2 is 1.54 bits per heavy atom. The van der Waals surface area contributed by atoms with Crippen molar-refractivity contribution in [2.75, 3.05) is 6.26 Å². The summed E-state index contributed by atoms with van der Waals surface area (Å²) in [6, 6.07) is 16.0. The minimum absolute atomic E-state index is 0.128. The molecule has 1 aliphatic rings. The summed E-state index contributed by atoms with van der Waals surface area (Å²) >= 11 is 1.11. The van der Waals surface area contributed by atoms with E-state index < -0.39 is 54.6 Å². The van der Waals surface area contributed by atoms with E-state index in [1.165, 1.54) is 12.1 Å². The fraction of sp³-hybridized carbons (Fsp3) is 0.259. The second-order valence-electron chi connectivity index (χ2n) is 9.10. The van der Waals surface area contributed by atoms with E-state index in [2.05, 4.69) is 0 Å². The normalized spacial score (nSPS) is 20.8. The maximum Gasteiger partial charge on any atom is 0.416 e. The van der Waals surface area contributed by atoms with Gasteiger partial charge in [0.15, 0.2) is 14.6 Å². The molecule has 4 aromatic carbocycles. The lowest BCUT2D eigenvalue weighted by Gasteiger charge is -2.43. The number of sulfone groups is 1. The lowest BCUT2D eigenvalue weighted by molar-refractivity contribution is -0.167. The van der Waals surface area contributed by atoms with Crippen molar-refractivity contribution in [1.29, 1.82) is 0 Å². The molecule has 0 bridgehead atoms. The highest BCUT2D eigenvalue weighted by Gasteiger charge is 2.68. The molecule has 0 amide bonds. The Balaban J connectivity index is 1.92. The summed E-state index contributed by atoms with van der Waals surface area (Å²) < 4.78 is 111. The van der Waals surface area contributed by atoms with E-state index in [0.717, 1.165) is 29.3 Å². The molecule has 4 aromatic rings. The number of alkyl halides is 6. The molecule has 0 heterocycles. The molecular formula is C27H20F6O2S2. The lowest BCUT2D eigenvalue weighted by Crippen LogP contribution is -2.53. The van der Waals surface area contributed by atoms with Crippen molar-refractivity contribution in [3.8, 4) is 0 Å². The van der Waals surface area contributed by atoms with Gasteiger partial charge in [-0.05, 0) is 70.0 Å². The van der Waals surface area contributed by atoms with Crippen molar-refractivity contribution in [3.05, 3.63) is 89.5 Å². The van der Waals surface area contributed by atoms with Gasteiger partial charge in [-0.1, -0.05) is 54.6 Å². The van der Waals surface area contributed by atoms with Crippen LogP contribution < -0.4 is 0 Å². The van der Waals surface area contributed by atoms with E-state index in [9.17, 15) is 21.6 Å². The molecule has 2 nitrogen and oxygen atoms in total. The predicted octanol–water partition coefficient (Wildman–Crippen LogP) is 7.92. The van der Waals surface area contributed by atoms with Gasteiger partial charge in [-0.2, -0.15) is 38.1 Å². The smallest absolute Gasteiger partial charge is 0.222 e. The number of hydrogen-bond donors (Lipinski definition) is 0. The first-order chi connectivity index (χ1) is 17.3. The van der Waals surface area contributed by atoms with Gasteiger partial charge in [-0.25, -0.2) is 8.42 Å². The summed E-state index contributed by atoms with van der Waals surface area (Å²) in [5, 5.41) is 1.29. The summed E-state index contributed by atoms with van der Waals surface area (Å²) in [7, 11) is -5.40. The Hall–Kier alpha value is -2.72. The van der Waals surface area contributed by atoms with Crippen molar-refractivity contribution in [2.45, 2.75) is 40.1 Å². The number of hydrogen-bond acceptors (Lipinski definition) is 3. The number of halogens is 6. The van der Waals surface area contributed by atoms with Crippen LogP contribution in [-0.4, -0.2) is 26.1 Å². The third kappa shape index (κ3) is 3.91. The van der Waals surface area contributed by atoms with Crippen LogP contribution >= 0.6 is 11.8 Å². The number of benzene rings is 4. The van der Waals surface area contributed by atoms with Crippen LogP contribution in [-0.2, 0) is 27.2 Å². The van der Waals surface area contributed by atoms with Gasteiger partial charge < -0.3 is 0 Å². The molecule has 0 aliphatic heterocycles. The van der Waals surface area contributed by atoms with Crippen LogP contribution in [0.25, 0.3) is 21.5 Å². The second kappa shape index (κ2) is 8.66. The number of thioether (sulfide) groups is 1. The zero-order chi connectivity index (χ0) is 26.8. The molecular weight excluding hydrogens is 534 g/mol. The van der Waals surface area contributed by atoms with Gasteiger partial charge in [0, 0.05) is 5.25 Å². The summed E-state index contributed by atoms with van der Waals surface area (Å²) in [6.07, 6.45) is -9.25. The quantitative estimate of drug-likeness (QED) is 0.191. The first kappa shape index (κ1) is 25.9. The van der Waals surface area contributed by atoms with Gasteiger partial charge in [-0.3, -0.25) is 0 Å². The highest BCUT2D eigenvalue weighted by Crippen LogP contribution is 2.58. The first-order valence-corrected chi connectivity index (χ1v) is 14.0. The Bertz CT molecular complexity index is 1630. The molecule has 0 radical (unpaired) electrons. The van der Waals surface area contributed by atoms with Crippen LogP contribution in [0.3, 0.4) is 0 Å². The van der Waals surface area contributed by atoms with Crippen LogP contribution in [0.2, 0.25) is 0 Å². The van der Waals surface area contributed by atoms with Crippen LogP contribution in [0, 0.1) is 0 Å². The van der Waals surface area contributed by atoms with E-state index >= 15 is 13.2 Å². The van der Waals surface area contributed by atoms with Gasteiger partial charge in [0.05, 0.1) is 10.5 Å². The Labute approximate surface area is 213 Å². The standard InChI is InChI=1S/C27H20F6O2S2/c1-36-19-13-17-10-11-22-21-8-3-2-5-16(21)9-12-23(22)24(17)25(15-19,27(31,32)33)37(34,35)20-7-4-6-18(14-20)26(28,29)30/h2-12,14,19H,13,15H2,1H3. The maximum absolute atomic E-state index is 15.3. The van der Waals surface area contributed by atoms with Crippen molar-refractivity contribution < 1.29 is 34.8 Å². The minimum atomic E-state index is -5.40. The van der Waals surface area contributed by atoms with Gasteiger partial charge in [0.25, 0.3) is 0 Å². The molecule has 0 fully saturated rings. The van der Waals surface area contributed by atoms with Crippen molar-refractivity contribution in [2.24, 2.45) is 0 Å². The zero-order valence-electron chi connectivity index (χ0n) is 19.3. The lowest BCUT2D eigenvalue weighted by atomic mass is 9.78. The fourth-order valence-corrected chi connectivity index (χ4v) is 8.43. The van der Waals surface area contributed by atoms with Crippen LogP contribution in [0.5, 0.6) is 0 Å². The average molecular weight is 555 g/mol. The Kier molecular flexibility index (Phi) is 6.06. The molecule has 0 saturated heterocycles. The number of rotatable bonds is 3. The summed E-state index contributed by atoms with van der Waals surface area (Å²) in [5.74, 6) is 0. The molecule has 37 heavy (non-hydrogen) atoms. The van der Waals surface area contributed by atoms with E-state index in [1.54, 1.807) is 42.7 Å². The highest BCUT2D eigenvalue weighted by molar-refractivity contribution is 7.99. The Morgan fingerprint density at radius 3 is 2.22 bits per heavy atom. The monoisotopic (exact) mass is 554 g/mol. The Morgan fingerprint density at radius 1 is 0.838 bits per heavy atom. The van der Waals surface area contributed by atoms with Gasteiger partial charge in [0.1, 0.15) is 0 Å². The SMILES string of the molecule is CSC1Cc2ccc3c(ccc4ccccc43)c2C(C(F)(F)F)(S(=O)(=O)c2cccc(C(F)(F)F)c2)C1. The van der Waals surface area contributed by atoms with E-state index in [0.29, 0.717) is 22.9 Å². The topological polar surface area (TPSA) is 34.1 Å². The largest absolute Gasteiger partial charge is 0.416 e. The van der Waals surface area contributed by atoms with E-state index in [1.807, 2.05) is 0 Å². The second-order valence-corrected chi connectivity index (χ2v) is 12.4. The van der Waals surface area contributed by atoms with Crippen LogP contribution in [0.1, 0.15) is 23.1 Å². The predicted molar refractivity (Wildman–Crippen MR) is 133 cm³/mol. The van der Waals surface area contributed by atoms with Crippen LogP contribution in [0.4, 0.5) is 26.3 Å². The first-order valence-electron chi connectivity index (χ1n) is 11.3. The summed E-state index contributed by atoms with van der Waals surface area (Å²) in [4.78, 5) is -1.01. The van der Waals surface area contributed by atoms with Gasteiger partial charge >= 0.3 is 12.4 Å².